The lowest BCUT2D eigenvalue weighted by Crippen LogP contribution is -2.28. The van der Waals surface area contributed by atoms with Gasteiger partial charge in [0.25, 0.3) is 5.69 Å². The van der Waals surface area contributed by atoms with Gasteiger partial charge in [-0.1, -0.05) is 11.6 Å². The van der Waals surface area contributed by atoms with Crippen LogP contribution in [0, 0.1) is 10.1 Å². The fourth-order valence-electron chi connectivity index (χ4n) is 1.14. The number of halogens is 1. The van der Waals surface area contributed by atoms with E-state index >= 15 is 0 Å². The van der Waals surface area contributed by atoms with Crippen molar-refractivity contribution in [2.24, 2.45) is 0 Å². The van der Waals surface area contributed by atoms with E-state index in [1.807, 2.05) is 20.8 Å². The second-order valence-corrected chi connectivity index (χ2v) is 4.98. The summed E-state index contributed by atoms with van der Waals surface area (Å²) >= 11 is 5.93. The van der Waals surface area contributed by atoms with E-state index in [9.17, 15) is 10.1 Å². The zero-order valence-corrected chi connectivity index (χ0v) is 10.7. The Kier molecular flexibility index (Phi) is 4.45. The number of nitro groups is 1. The number of rotatable bonds is 4. The zero-order valence-electron chi connectivity index (χ0n) is 9.99. The van der Waals surface area contributed by atoms with Crippen molar-refractivity contribution in [3.8, 4) is 0 Å². The number of nitrogens with one attached hydrogen (secondary N) is 1. The molecule has 1 aromatic carbocycles. The molecule has 94 valence electrons. The summed E-state index contributed by atoms with van der Waals surface area (Å²) in [6, 6.07) is 4.31. The molecule has 5 nitrogen and oxygen atoms in total. The van der Waals surface area contributed by atoms with Crippen LogP contribution in [0.2, 0.25) is 5.02 Å². The SMILES string of the molecule is CC(C)(C)ONCc1cc([N+](=O)[O-])ccc1Cl. The quantitative estimate of drug-likeness (QED) is 0.666. The van der Waals surface area contributed by atoms with Crippen molar-refractivity contribution in [1.29, 1.82) is 0 Å². The number of nitrogens with zero attached hydrogens (tertiary/aromatic N) is 1. The Balaban J connectivity index is 2.70. The van der Waals surface area contributed by atoms with Gasteiger partial charge in [0.05, 0.1) is 10.5 Å². The first-order chi connectivity index (χ1) is 7.79. The number of hydroxylamine groups is 1. The molecule has 0 aliphatic rings. The fraction of sp³-hybridized carbons (Fsp3) is 0.455. The molecule has 0 saturated carbocycles. The van der Waals surface area contributed by atoms with Crippen molar-refractivity contribution in [2.45, 2.75) is 32.9 Å². The van der Waals surface area contributed by atoms with E-state index in [1.54, 1.807) is 0 Å². The van der Waals surface area contributed by atoms with Crippen molar-refractivity contribution in [1.82, 2.24) is 5.48 Å². The maximum absolute atomic E-state index is 10.6. The maximum atomic E-state index is 10.6. The maximum Gasteiger partial charge on any atom is 0.269 e. The Morgan fingerprint density at radius 3 is 2.65 bits per heavy atom. The van der Waals surface area contributed by atoms with Gasteiger partial charge in [0.2, 0.25) is 0 Å². The highest BCUT2D eigenvalue weighted by molar-refractivity contribution is 6.31. The van der Waals surface area contributed by atoms with Gasteiger partial charge in [-0.3, -0.25) is 15.0 Å². The van der Waals surface area contributed by atoms with Gasteiger partial charge in [-0.25, -0.2) is 0 Å². The van der Waals surface area contributed by atoms with Gasteiger partial charge in [0.15, 0.2) is 0 Å². The minimum absolute atomic E-state index is 0.0157. The smallest absolute Gasteiger partial charge is 0.269 e. The van der Waals surface area contributed by atoms with Crippen LogP contribution in [0.3, 0.4) is 0 Å². The minimum atomic E-state index is -0.454. The zero-order chi connectivity index (χ0) is 13.1. The average Bonchev–Trinajstić information content (AvgIpc) is 2.18. The third kappa shape index (κ3) is 4.68. The van der Waals surface area contributed by atoms with Crippen LogP contribution in [0.4, 0.5) is 5.69 Å². The van der Waals surface area contributed by atoms with E-state index in [4.69, 9.17) is 16.4 Å². The van der Waals surface area contributed by atoms with Gasteiger partial charge >= 0.3 is 0 Å². The number of non-ortho nitro benzene ring substituents is 1. The molecule has 0 radical (unpaired) electrons. The van der Waals surface area contributed by atoms with Gasteiger partial charge in [0, 0.05) is 23.7 Å². The topological polar surface area (TPSA) is 64.4 Å². The third-order valence-corrected chi connectivity index (χ3v) is 2.25. The molecule has 0 bridgehead atoms. The molecule has 0 fully saturated rings. The molecule has 6 heteroatoms. The van der Waals surface area contributed by atoms with Gasteiger partial charge in [0.1, 0.15) is 0 Å². The van der Waals surface area contributed by atoms with Crippen molar-refractivity contribution in [3.63, 3.8) is 0 Å². The van der Waals surface area contributed by atoms with E-state index in [1.165, 1.54) is 18.2 Å². The Bertz CT molecular complexity index is 416. The summed E-state index contributed by atoms with van der Waals surface area (Å²) < 4.78 is 0. The normalized spacial score (nSPS) is 11.5. The Morgan fingerprint density at radius 2 is 2.12 bits per heavy atom. The highest BCUT2D eigenvalue weighted by Crippen LogP contribution is 2.22. The number of hydrogen-bond donors (Lipinski definition) is 1. The summed E-state index contributed by atoms with van der Waals surface area (Å²) in [5, 5.41) is 11.1. The van der Waals surface area contributed by atoms with Crippen LogP contribution in [-0.2, 0) is 11.4 Å². The molecule has 1 N–H and O–H groups in total. The summed E-state index contributed by atoms with van der Waals surface area (Å²) in [4.78, 5) is 15.5. The van der Waals surface area contributed by atoms with Gasteiger partial charge in [-0.05, 0) is 32.4 Å². The van der Waals surface area contributed by atoms with Crippen LogP contribution in [0.25, 0.3) is 0 Å². The number of nitro benzene ring substituents is 1. The summed E-state index contributed by atoms with van der Waals surface area (Å²) in [5.41, 5.74) is 3.06. The Hall–Kier alpha value is -1.17. The monoisotopic (exact) mass is 258 g/mol. The largest absolute Gasteiger partial charge is 0.296 e. The summed E-state index contributed by atoms with van der Waals surface area (Å²) in [7, 11) is 0. The van der Waals surface area contributed by atoms with Crippen LogP contribution in [0.15, 0.2) is 18.2 Å². The lowest BCUT2D eigenvalue weighted by atomic mass is 10.2. The number of hydrogen-bond acceptors (Lipinski definition) is 4. The lowest BCUT2D eigenvalue weighted by Gasteiger charge is -2.19. The molecule has 0 saturated heterocycles. The Labute approximate surface area is 105 Å². The third-order valence-electron chi connectivity index (χ3n) is 1.88. The van der Waals surface area contributed by atoms with E-state index in [0.29, 0.717) is 17.1 Å². The average molecular weight is 259 g/mol. The molecule has 0 aromatic heterocycles. The highest BCUT2D eigenvalue weighted by Gasteiger charge is 2.12. The van der Waals surface area contributed by atoms with Crippen molar-refractivity contribution < 1.29 is 9.76 Å². The van der Waals surface area contributed by atoms with E-state index in [2.05, 4.69) is 5.48 Å². The van der Waals surface area contributed by atoms with Crippen LogP contribution in [-0.4, -0.2) is 10.5 Å². The molecule has 0 unspecified atom stereocenters. The van der Waals surface area contributed by atoms with Crippen molar-refractivity contribution >= 4 is 17.3 Å². The molecule has 1 rings (SSSR count). The van der Waals surface area contributed by atoms with Gasteiger partial charge < -0.3 is 0 Å². The molecule has 0 spiro atoms. The number of benzene rings is 1. The molecule has 0 atom stereocenters. The lowest BCUT2D eigenvalue weighted by molar-refractivity contribution is -0.384. The van der Waals surface area contributed by atoms with Gasteiger partial charge in [-0.2, -0.15) is 5.48 Å². The molecular formula is C11H15ClN2O3. The first-order valence-corrected chi connectivity index (χ1v) is 5.51. The predicted molar refractivity (Wildman–Crippen MR) is 65.8 cm³/mol. The first kappa shape index (κ1) is 13.9. The minimum Gasteiger partial charge on any atom is -0.296 e. The van der Waals surface area contributed by atoms with Crippen LogP contribution in [0.1, 0.15) is 26.3 Å². The van der Waals surface area contributed by atoms with Crippen molar-refractivity contribution in [2.75, 3.05) is 0 Å². The van der Waals surface area contributed by atoms with Gasteiger partial charge in [-0.15, -0.1) is 0 Å². The molecule has 0 amide bonds. The molecule has 17 heavy (non-hydrogen) atoms. The van der Waals surface area contributed by atoms with E-state index < -0.39 is 4.92 Å². The second-order valence-electron chi connectivity index (χ2n) is 4.57. The molecule has 1 aromatic rings. The molecular weight excluding hydrogens is 244 g/mol. The first-order valence-electron chi connectivity index (χ1n) is 5.13. The van der Waals surface area contributed by atoms with Crippen molar-refractivity contribution in [3.05, 3.63) is 38.9 Å². The highest BCUT2D eigenvalue weighted by atomic mass is 35.5. The van der Waals surface area contributed by atoms with Crippen LogP contribution in [0.5, 0.6) is 0 Å². The molecule has 0 heterocycles. The Morgan fingerprint density at radius 1 is 1.47 bits per heavy atom. The van der Waals surface area contributed by atoms with E-state index in [0.717, 1.165) is 0 Å². The van der Waals surface area contributed by atoms with Crippen LogP contribution >= 0.6 is 11.6 Å². The predicted octanol–water partition coefficient (Wildman–Crippen LogP) is 3.07. The fourth-order valence-corrected chi connectivity index (χ4v) is 1.32. The summed E-state index contributed by atoms with van der Waals surface area (Å²) in [5.74, 6) is 0. The second kappa shape index (κ2) is 5.44. The van der Waals surface area contributed by atoms with E-state index in [-0.39, 0.29) is 11.3 Å². The standard InChI is InChI=1S/C11H15ClN2O3/c1-11(2,3)17-13-7-8-6-9(14(15)16)4-5-10(8)12/h4-6,13H,7H2,1-3H3. The summed E-state index contributed by atoms with van der Waals surface area (Å²) in [6.07, 6.45) is 0. The molecule has 0 aliphatic heterocycles. The van der Waals surface area contributed by atoms with Crippen LogP contribution < -0.4 is 5.48 Å². The molecule has 0 aliphatic carbocycles. The summed E-state index contributed by atoms with van der Waals surface area (Å²) in [6.45, 7) is 6.01.